The molecule has 0 aliphatic heterocycles. The second-order valence-electron chi connectivity index (χ2n) is 5.16. The fourth-order valence-corrected chi connectivity index (χ4v) is 2.76. The smallest absolute Gasteiger partial charge is 0.277 e. The molecule has 7 nitrogen and oxygen atoms in total. The number of benzene rings is 1. The quantitative estimate of drug-likeness (QED) is 0.774. The Labute approximate surface area is 138 Å². The second-order valence-corrected chi connectivity index (χ2v) is 6.25. The number of carbonyl (C=O) groups is 1. The van der Waals surface area contributed by atoms with Crippen LogP contribution >= 0.6 is 11.8 Å². The van der Waals surface area contributed by atoms with Gasteiger partial charge in [0.05, 0.1) is 19.5 Å². The molecule has 2 N–H and O–H groups in total. The summed E-state index contributed by atoms with van der Waals surface area (Å²) in [5.74, 6) is 1.20. The van der Waals surface area contributed by atoms with Crippen molar-refractivity contribution in [3.8, 4) is 23.0 Å². The summed E-state index contributed by atoms with van der Waals surface area (Å²) < 4.78 is 16.1. The fraction of sp³-hybridized carbons (Fsp3) is 0.400. The molecule has 124 valence electrons. The third-order valence-electron chi connectivity index (χ3n) is 3.12. The Hall–Kier alpha value is -2.22. The van der Waals surface area contributed by atoms with Crippen LogP contribution in [0.2, 0.25) is 0 Å². The van der Waals surface area contributed by atoms with Crippen molar-refractivity contribution in [3.63, 3.8) is 0 Å². The van der Waals surface area contributed by atoms with Gasteiger partial charge in [0.2, 0.25) is 11.8 Å². The van der Waals surface area contributed by atoms with Gasteiger partial charge in [-0.3, -0.25) is 4.79 Å². The van der Waals surface area contributed by atoms with E-state index in [1.165, 1.54) is 0 Å². The molecule has 0 spiro atoms. The summed E-state index contributed by atoms with van der Waals surface area (Å²) >= 11 is 1.16. The summed E-state index contributed by atoms with van der Waals surface area (Å²) in [6, 6.07) is 5.27. The van der Waals surface area contributed by atoms with E-state index in [1.807, 2.05) is 13.8 Å². The van der Waals surface area contributed by atoms with Gasteiger partial charge in [-0.2, -0.15) is 0 Å². The third kappa shape index (κ3) is 4.16. The highest BCUT2D eigenvalue weighted by molar-refractivity contribution is 8.00. The van der Waals surface area contributed by atoms with E-state index in [2.05, 4.69) is 10.2 Å². The van der Waals surface area contributed by atoms with Gasteiger partial charge in [-0.1, -0.05) is 25.6 Å². The number of carbonyl (C=O) groups excluding carboxylic acids is 1. The lowest BCUT2D eigenvalue weighted by atomic mass is 10.1. The van der Waals surface area contributed by atoms with Crippen molar-refractivity contribution in [1.29, 1.82) is 0 Å². The van der Waals surface area contributed by atoms with Crippen LogP contribution in [0.25, 0.3) is 11.5 Å². The SMILES string of the molecule is COc1cc(OC)cc(-c2nnc(S[C@@H](C(N)=O)C(C)C)o2)c1. The standard InChI is InChI=1S/C15H19N3O4S/c1-8(2)12(13(16)19)23-15-18-17-14(22-15)9-5-10(20-3)7-11(6-9)21-4/h5-8,12H,1-4H3,(H2,16,19)/t12-/m1/s1. The average molecular weight is 337 g/mol. The van der Waals surface area contributed by atoms with E-state index in [1.54, 1.807) is 32.4 Å². The molecule has 8 heteroatoms. The second kappa shape index (κ2) is 7.36. The van der Waals surface area contributed by atoms with Crippen molar-refractivity contribution in [2.75, 3.05) is 14.2 Å². The molecule has 2 rings (SSSR count). The lowest BCUT2D eigenvalue weighted by Gasteiger charge is -2.13. The topological polar surface area (TPSA) is 100 Å². The van der Waals surface area contributed by atoms with Crippen molar-refractivity contribution < 1.29 is 18.7 Å². The van der Waals surface area contributed by atoms with Crippen molar-refractivity contribution in [2.45, 2.75) is 24.3 Å². The first-order chi connectivity index (χ1) is 10.9. The van der Waals surface area contributed by atoms with Crippen molar-refractivity contribution in [2.24, 2.45) is 11.7 Å². The highest BCUT2D eigenvalue weighted by Gasteiger charge is 2.24. The van der Waals surface area contributed by atoms with Gasteiger partial charge < -0.3 is 19.6 Å². The normalized spacial score (nSPS) is 12.2. The number of methoxy groups -OCH3 is 2. The molecule has 2 aromatic rings. The minimum absolute atomic E-state index is 0.0600. The van der Waals surface area contributed by atoms with Crippen LogP contribution in [0.1, 0.15) is 13.8 Å². The number of hydrogen-bond donors (Lipinski definition) is 1. The highest BCUT2D eigenvalue weighted by atomic mass is 32.2. The third-order valence-corrected chi connectivity index (χ3v) is 4.52. The number of rotatable bonds is 7. The maximum absolute atomic E-state index is 11.5. The van der Waals surface area contributed by atoms with E-state index in [-0.39, 0.29) is 5.92 Å². The molecule has 0 saturated heterocycles. The summed E-state index contributed by atoms with van der Waals surface area (Å²) in [5.41, 5.74) is 6.06. The lowest BCUT2D eigenvalue weighted by molar-refractivity contribution is -0.118. The van der Waals surface area contributed by atoms with Crippen LogP contribution in [0.15, 0.2) is 27.8 Å². The first-order valence-corrected chi connectivity index (χ1v) is 7.85. The Morgan fingerprint density at radius 1 is 1.17 bits per heavy atom. The van der Waals surface area contributed by atoms with Crippen molar-refractivity contribution in [1.82, 2.24) is 10.2 Å². The number of primary amides is 1. The summed E-state index contributed by atoms with van der Waals surface area (Å²) in [6.45, 7) is 3.82. The van der Waals surface area contributed by atoms with Gasteiger partial charge in [-0.15, -0.1) is 10.2 Å². The Balaban J connectivity index is 2.27. The summed E-state index contributed by atoms with van der Waals surface area (Å²) in [7, 11) is 3.13. The van der Waals surface area contributed by atoms with Gasteiger partial charge in [0.15, 0.2) is 0 Å². The lowest BCUT2D eigenvalue weighted by Crippen LogP contribution is -2.30. The number of aromatic nitrogens is 2. The van der Waals surface area contributed by atoms with E-state index >= 15 is 0 Å². The Bertz CT molecular complexity index is 665. The molecule has 0 radical (unpaired) electrons. The molecule has 1 amide bonds. The van der Waals surface area contributed by atoms with Crippen LogP contribution in [0, 0.1) is 5.92 Å². The Morgan fingerprint density at radius 3 is 2.26 bits per heavy atom. The molecule has 0 fully saturated rings. The minimum atomic E-state index is -0.428. The van der Waals surface area contributed by atoms with E-state index in [4.69, 9.17) is 19.6 Å². The van der Waals surface area contributed by atoms with E-state index in [9.17, 15) is 4.79 Å². The number of hydrogen-bond acceptors (Lipinski definition) is 7. The largest absolute Gasteiger partial charge is 0.497 e. The Morgan fingerprint density at radius 2 is 1.78 bits per heavy atom. The highest BCUT2D eigenvalue weighted by Crippen LogP contribution is 2.32. The summed E-state index contributed by atoms with van der Waals surface area (Å²) in [5, 5.41) is 7.84. The molecular weight excluding hydrogens is 318 g/mol. The molecule has 1 heterocycles. The predicted molar refractivity (Wildman–Crippen MR) is 86.5 cm³/mol. The number of ether oxygens (including phenoxy) is 2. The minimum Gasteiger partial charge on any atom is -0.497 e. The molecule has 0 aliphatic rings. The van der Waals surface area contributed by atoms with Gasteiger partial charge in [0.1, 0.15) is 11.5 Å². The van der Waals surface area contributed by atoms with E-state index in [0.29, 0.717) is 28.2 Å². The zero-order valence-electron chi connectivity index (χ0n) is 13.4. The van der Waals surface area contributed by atoms with Crippen molar-refractivity contribution in [3.05, 3.63) is 18.2 Å². The van der Waals surface area contributed by atoms with Gasteiger partial charge in [-0.05, 0) is 18.1 Å². The predicted octanol–water partition coefficient (Wildman–Crippen LogP) is 2.36. The number of nitrogens with two attached hydrogens (primary N) is 1. The zero-order chi connectivity index (χ0) is 17.0. The van der Waals surface area contributed by atoms with E-state index in [0.717, 1.165) is 11.8 Å². The number of thioether (sulfide) groups is 1. The fourth-order valence-electron chi connectivity index (χ4n) is 1.94. The molecule has 1 atom stereocenters. The molecule has 23 heavy (non-hydrogen) atoms. The van der Waals surface area contributed by atoms with Crippen LogP contribution in [-0.4, -0.2) is 35.6 Å². The molecule has 0 aliphatic carbocycles. The first kappa shape index (κ1) is 17.1. The number of nitrogens with zero attached hydrogens (tertiary/aromatic N) is 2. The molecule has 1 aromatic heterocycles. The molecule has 0 saturated carbocycles. The first-order valence-electron chi connectivity index (χ1n) is 6.97. The van der Waals surface area contributed by atoms with Crippen molar-refractivity contribution >= 4 is 17.7 Å². The maximum Gasteiger partial charge on any atom is 0.277 e. The average Bonchev–Trinajstić information content (AvgIpc) is 3.00. The summed E-state index contributed by atoms with van der Waals surface area (Å²) in [6.07, 6.45) is 0. The molecular formula is C15H19N3O4S. The van der Waals surface area contributed by atoms with Crippen LogP contribution in [0.3, 0.4) is 0 Å². The van der Waals surface area contributed by atoms with E-state index < -0.39 is 11.2 Å². The Kier molecular flexibility index (Phi) is 5.49. The van der Waals surface area contributed by atoms with Crippen LogP contribution in [0.5, 0.6) is 11.5 Å². The molecule has 0 bridgehead atoms. The van der Waals surface area contributed by atoms with Gasteiger partial charge in [0.25, 0.3) is 5.22 Å². The van der Waals surface area contributed by atoms with Gasteiger partial charge >= 0.3 is 0 Å². The zero-order valence-corrected chi connectivity index (χ0v) is 14.2. The van der Waals surface area contributed by atoms with Crippen LogP contribution < -0.4 is 15.2 Å². The van der Waals surface area contributed by atoms with Crippen LogP contribution in [0.4, 0.5) is 0 Å². The molecule has 1 aromatic carbocycles. The van der Waals surface area contributed by atoms with Gasteiger partial charge in [-0.25, -0.2) is 0 Å². The van der Waals surface area contributed by atoms with Crippen LogP contribution in [-0.2, 0) is 4.79 Å². The monoisotopic (exact) mass is 337 g/mol. The number of amides is 1. The maximum atomic E-state index is 11.5. The van der Waals surface area contributed by atoms with Gasteiger partial charge in [0, 0.05) is 11.6 Å². The summed E-state index contributed by atoms with van der Waals surface area (Å²) in [4.78, 5) is 11.5. The molecule has 0 unspecified atom stereocenters.